The number of nitrogens with one attached hydrogen (secondary N) is 3. The van der Waals surface area contributed by atoms with Gasteiger partial charge in [-0.2, -0.15) is 10.1 Å². The third kappa shape index (κ3) is 2.83. The van der Waals surface area contributed by atoms with Gasteiger partial charge in [0.25, 0.3) is 0 Å². The number of aromatic amines is 2. The molecular weight excluding hydrogens is 264 g/mol. The highest BCUT2D eigenvalue weighted by Crippen LogP contribution is 2.15. The molecule has 0 saturated heterocycles. The molecule has 0 aromatic carbocycles. The second kappa shape index (κ2) is 5.53. The summed E-state index contributed by atoms with van der Waals surface area (Å²) in [4.78, 5) is 17.6. The lowest BCUT2D eigenvalue weighted by Crippen LogP contribution is -2.17. The first-order valence-corrected chi connectivity index (χ1v) is 6.02. The third-order valence-corrected chi connectivity index (χ3v) is 2.57. The molecule has 104 valence electrons. The van der Waals surface area contributed by atoms with Gasteiger partial charge < -0.3 is 14.3 Å². The summed E-state index contributed by atoms with van der Waals surface area (Å²) in [6.07, 6.45) is 2.15. The minimum Gasteiger partial charge on any atom is -0.461 e. The van der Waals surface area contributed by atoms with Gasteiger partial charge in [0.1, 0.15) is 5.82 Å². The van der Waals surface area contributed by atoms with Crippen LogP contribution in [-0.4, -0.2) is 31.9 Å². The Balaban J connectivity index is 1.48. The van der Waals surface area contributed by atoms with E-state index in [1.165, 1.54) is 0 Å². The minimum absolute atomic E-state index is 0.306. The summed E-state index contributed by atoms with van der Waals surface area (Å²) < 4.78 is 10.2. The molecule has 20 heavy (non-hydrogen) atoms. The maximum Gasteiger partial charge on any atom is 0.340 e. The average Bonchev–Trinajstić information content (AvgIpc) is 3.16. The van der Waals surface area contributed by atoms with Gasteiger partial charge in [-0.1, -0.05) is 5.16 Å². The monoisotopic (exact) mass is 276 g/mol. The average molecular weight is 276 g/mol. The van der Waals surface area contributed by atoms with Crippen LogP contribution in [0.4, 0.5) is 0 Å². The topological polar surface area (TPSA) is 126 Å². The molecule has 9 heteroatoms. The summed E-state index contributed by atoms with van der Waals surface area (Å²) in [6.45, 7) is 1.06. The van der Waals surface area contributed by atoms with Crippen LogP contribution in [0.5, 0.6) is 0 Å². The van der Waals surface area contributed by atoms with Crippen LogP contribution >= 0.6 is 0 Å². The summed E-state index contributed by atoms with van der Waals surface area (Å²) in [7, 11) is 0. The van der Waals surface area contributed by atoms with Crippen molar-refractivity contribution in [3.63, 3.8) is 0 Å². The van der Waals surface area contributed by atoms with E-state index in [9.17, 15) is 4.79 Å². The van der Waals surface area contributed by atoms with Crippen molar-refractivity contribution in [3.8, 4) is 11.6 Å². The van der Waals surface area contributed by atoms with Crippen LogP contribution in [0.15, 0.2) is 32.1 Å². The van der Waals surface area contributed by atoms with E-state index in [1.54, 1.807) is 18.4 Å². The van der Waals surface area contributed by atoms with E-state index >= 15 is 0 Å². The second-order valence-corrected chi connectivity index (χ2v) is 4.04. The number of hydrogen-bond donors (Lipinski definition) is 3. The number of furan rings is 1. The summed E-state index contributed by atoms with van der Waals surface area (Å²) in [6, 6.07) is 3.52. The lowest BCUT2D eigenvalue weighted by atomic mass is 10.4. The van der Waals surface area contributed by atoms with Crippen LogP contribution < -0.4 is 11.0 Å². The SMILES string of the molecule is O=c1[nH]nc(CCNCc2nc(-c3ccco3)no2)[nH]1. The highest BCUT2D eigenvalue weighted by Gasteiger charge is 2.10. The van der Waals surface area contributed by atoms with E-state index in [-0.39, 0.29) is 5.69 Å². The van der Waals surface area contributed by atoms with Crippen molar-refractivity contribution in [2.75, 3.05) is 6.54 Å². The molecule has 3 N–H and O–H groups in total. The van der Waals surface area contributed by atoms with E-state index in [2.05, 4.69) is 30.6 Å². The van der Waals surface area contributed by atoms with Crippen LogP contribution in [0.3, 0.4) is 0 Å². The first-order valence-electron chi connectivity index (χ1n) is 6.02. The zero-order chi connectivity index (χ0) is 13.8. The Hall–Kier alpha value is -2.68. The largest absolute Gasteiger partial charge is 0.461 e. The Morgan fingerprint density at radius 1 is 1.40 bits per heavy atom. The van der Waals surface area contributed by atoms with E-state index in [1.807, 2.05) is 0 Å². The fraction of sp³-hybridized carbons (Fsp3) is 0.273. The molecule has 0 unspecified atom stereocenters. The fourth-order valence-electron chi connectivity index (χ4n) is 1.66. The van der Waals surface area contributed by atoms with Gasteiger partial charge >= 0.3 is 5.69 Å². The molecule has 3 heterocycles. The second-order valence-electron chi connectivity index (χ2n) is 4.04. The number of rotatable bonds is 6. The molecular formula is C11H12N6O3. The molecule has 0 atom stereocenters. The van der Waals surface area contributed by atoms with Gasteiger partial charge in [0, 0.05) is 13.0 Å². The molecule has 3 rings (SSSR count). The normalized spacial score (nSPS) is 11.0. The summed E-state index contributed by atoms with van der Waals surface area (Å²) in [5.41, 5.74) is -0.306. The van der Waals surface area contributed by atoms with Gasteiger partial charge in [-0.05, 0) is 12.1 Å². The number of nitrogens with zero attached hydrogens (tertiary/aromatic N) is 3. The first kappa shape index (κ1) is 12.4. The van der Waals surface area contributed by atoms with Gasteiger partial charge in [0.2, 0.25) is 11.7 Å². The molecule has 0 bridgehead atoms. The number of hydrogen-bond acceptors (Lipinski definition) is 7. The molecule has 3 aromatic heterocycles. The molecule has 0 aliphatic heterocycles. The highest BCUT2D eigenvalue weighted by molar-refractivity contribution is 5.44. The summed E-state index contributed by atoms with van der Waals surface area (Å²) in [5, 5.41) is 13.0. The van der Waals surface area contributed by atoms with E-state index < -0.39 is 0 Å². The van der Waals surface area contributed by atoms with Gasteiger partial charge in [-0.15, -0.1) is 0 Å². The van der Waals surface area contributed by atoms with Crippen molar-refractivity contribution in [2.24, 2.45) is 0 Å². The molecule has 9 nitrogen and oxygen atoms in total. The molecule has 0 fully saturated rings. The quantitative estimate of drug-likeness (QED) is 0.544. The van der Waals surface area contributed by atoms with Crippen molar-refractivity contribution >= 4 is 0 Å². The van der Waals surface area contributed by atoms with Gasteiger partial charge in [-0.25, -0.2) is 9.89 Å². The predicted octanol–water partition coefficient (Wildman–Crippen LogP) is 0.0733. The van der Waals surface area contributed by atoms with Crippen molar-refractivity contribution in [1.82, 2.24) is 30.6 Å². The summed E-state index contributed by atoms with van der Waals surface area (Å²) in [5.74, 6) is 2.05. The van der Waals surface area contributed by atoms with E-state index in [0.717, 1.165) is 0 Å². The lowest BCUT2D eigenvalue weighted by molar-refractivity contribution is 0.367. The zero-order valence-electron chi connectivity index (χ0n) is 10.4. The fourth-order valence-corrected chi connectivity index (χ4v) is 1.66. The molecule has 3 aromatic rings. The third-order valence-electron chi connectivity index (χ3n) is 2.57. The first-order chi connectivity index (χ1) is 9.81. The van der Waals surface area contributed by atoms with Crippen molar-refractivity contribution in [2.45, 2.75) is 13.0 Å². The maximum atomic E-state index is 10.8. The Bertz CT molecular complexity index is 710. The number of H-pyrrole nitrogens is 2. The Labute approximate surface area is 112 Å². The zero-order valence-corrected chi connectivity index (χ0v) is 10.4. The maximum absolute atomic E-state index is 10.8. The Morgan fingerprint density at radius 3 is 3.10 bits per heavy atom. The van der Waals surface area contributed by atoms with Crippen LogP contribution in [0, 0.1) is 0 Å². The highest BCUT2D eigenvalue weighted by atomic mass is 16.5. The van der Waals surface area contributed by atoms with Crippen LogP contribution in [0.2, 0.25) is 0 Å². The van der Waals surface area contributed by atoms with Crippen LogP contribution in [0.1, 0.15) is 11.7 Å². The van der Waals surface area contributed by atoms with Gasteiger partial charge in [-0.3, -0.25) is 4.98 Å². The van der Waals surface area contributed by atoms with Crippen molar-refractivity contribution < 1.29 is 8.94 Å². The molecule has 0 aliphatic rings. The molecule has 0 radical (unpaired) electrons. The molecule has 0 saturated carbocycles. The standard InChI is InChI=1S/C11H12N6O3/c18-11-13-8(15-16-11)3-4-12-6-9-14-10(17-20-9)7-2-1-5-19-7/h1-2,5,12H,3-4,6H2,(H2,13,15,16,18). The minimum atomic E-state index is -0.306. The Kier molecular flexibility index (Phi) is 3.42. The number of aromatic nitrogens is 5. The van der Waals surface area contributed by atoms with Gasteiger partial charge in [0.15, 0.2) is 5.76 Å². The molecule has 0 amide bonds. The Morgan fingerprint density at radius 2 is 2.35 bits per heavy atom. The van der Waals surface area contributed by atoms with Gasteiger partial charge in [0.05, 0.1) is 12.8 Å². The smallest absolute Gasteiger partial charge is 0.340 e. The molecule has 0 aliphatic carbocycles. The molecule has 0 spiro atoms. The van der Waals surface area contributed by atoms with Crippen LogP contribution in [0.25, 0.3) is 11.6 Å². The predicted molar refractivity (Wildman–Crippen MR) is 66.6 cm³/mol. The van der Waals surface area contributed by atoms with Crippen LogP contribution in [-0.2, 0) is 13.0 Å². The van der Waals surface area contributed by atoms with Crippen molar-refractivity contribution in [1.29, 1.82) is 0 Å². The van der Waals surface area contributed by atoms with Crippen molar-refractivity contribution in [3.05, 3.63) is 40.6 Å². The van der Waals surface area contributed by atoms with E-state index in [0.29, 0.717) is 42.8 Å². The van der Waals surface area contributed by atoms with E-state index in [4.69, 9.17) is 8.94 Å². The lowest BCUT2D eigenvalue weighted by Gasteiger charge is -1.98. The summed E-state index contributed by atoms with van der Waals surface area (Å²) >= 11 is 0.